The summed E-state index contributed by atoms with van der Waals surface area (Å²) in [4.78, 5) is 11.5. The van der Waals surface area contributed by atoms with E-state index in [4.69, 9.17) is 14.6 Å². The van der Waals surface area contributed by atoms with Crippen molar-refractivity contribution in [2.24, 2.45) is 0 Å². The lowest BCUT2D eigenvalue weighted by Crippen LogP contribution is -2.24. The standard InChI is InChI=1S/C17H25NO4/c1-3-5-12-22-15-8-6-14(13-16(15)21-4-2)7-9-17(20)18-10-11-19/h6-9,13,19H,3-5,10-12H2,1-2H3,(H,18,20). The quantitative estimate of drug-likeness (QED) is 0.514. The van der Waals surface area contributed by atoms with Crippen LogP contribution in [-0.4, -0.2) is 37.4 Å². The van der Waals surface area contributed by atoms with E-state index in [1.165, 1.54) is 6.08 Å². The Balaban J connectivity index is 2.74. The van der Waals surface area contributed by atoms with Gasteiger partial charge in [-0.15, -0.1) is 0 Å². The number of hydrogen-bond acceptors (Lipinski definition) is 4. The Morgan fingerprint density at radius 3 is 2.77 bits per heavy atom. The Bertz CT molecular complexity index is 486. The van der Waals surface area contributed by atoms with Crippen molar-refractivity contribution in [3.8, 4) is 11.5 Å². The van der Waals surface area contributed by atoms with E-state index in [0.717, 1.165) is 24.2 Å². The van der Waals surface area contributed by atoms with Crippen LogP contribution >= 0.6 is 0 Å². The number of hydrogen-bond donors (Lipinski definition) is 2. The first-order valence-electron chi connectivity index (χ1n) is 7.67. The van der Waals surface area contributed by atoms with Gasteiger partial charge in [0.05, 0.1) is 19.8 Å². The number of nitrogens with one attached hydrogen (secondary N) is 1. The van der Waals surface area contributed by atoms with E-state index in [2.05, 4.69) is 12.2 Å². The molecule has 5 heteroatoms. The third kappa shape index (κ3) is 6.63. The van der Waals surface area contributed by atoms with Gasteiger partial charge in [-0.1, -0.05) is 19.4 Å². The van der Waals surface area contributed by atoms with E-state index < -0.39 is 0 Å². The molecule has 5 nitrogen and oxygen atoms in total. The second kappa shape index (κ2) is 10.7. The van der Waals surface area contributed by atoms with E-state index in [9.17, 15) is 4.79 Å². The maximum absolute atomic E-state index is 11.5. The van der Waals surface area contributed by atoms with Crippen LogP contribution in [0.25, 0.3) is 6.08 Å². The number of benzene rings is 1. The van der Waals surface area contributed by atoms with E-state index in [1.807, 2.05) is 25.1 Å². The predicted octanol–water partition coefficient (Wildman–Crippen LogP) is 2.39. The van der Waals surface area contributed by atoms with Crippen LogP contribution in [0.1, 0.15) is 32.3 Å². The van der Waals surface area contributed by atoms with Crippen molar-refractivity contribution in [2.75, 3.05) is 26.4 Å². The van der Waals surface area contributed by atoms with Crippen molar-refractivity contribution in [1.29, 1.82) is 0 Å². The molecule has 0 aromatic heterocycles. The molecule has 22 heavy (non-hydrogen) atoms. The van der Waals surface area contributed by atoms with Crippen molar-refractivity contribution in [2.45, 2.75) is 26.7 Å². The normalized spacial score (nSPS) is 10.7. The lowest BCUT2D eigenvalue weighted by molar-refractivity contribution is -0.116. The van der Waals surface area contributed by atoms with E-state index in [1.54, 1.807) is 6.08 Å². The Morgan fingerprint density at radius 1 is 1.27 bits per heavy atom. The van der Waals surface area contributed by atoms with Gasteiger partial charge in [-0.2, -0.15) is 0 Å². The minimum atomic E-state index is -0.240. The lowest BCUT2D eigenvalue weighted by Gasteiger charge is -2.12. The fourth-order valence-corrected chi connectivity index (χ4v) is 1.75. The molecule has 0 aliphatic carbocycles. The topological polar surface area (TPSA) is 67.8 Å². The van der Waals surface area contributed by atoms with Gasteiger partial charge >= 0.3 is 0 Å². The van der Waals surface area contributed by atoms with Crippen LogP contribution in [0.4, 0.5) is 0 Å². The molecule has 0 saturated heterocycles. The highest BCUT2D eigenvalue weighted by Crippen LogP contribution is 2.29. The van der Waals surface area contributed by atoms with Crippen LogP contribution in [-0.2, 0) is 4.79 Å². The summed E-state index contributed by atoms with van der Waals surface area (Å²) in [6.07, 6.45) is 5.20. The van der Waals surface area contributed by atoms with Crippen molar-refractivity contribution in [3.63, 3.8) is 0 Å². The zero-order valence-corrected chi connectivity index (χ0v) is 13.3. The summed E-state index contributed by atoms with van der Waals surface area (Å²) in [7, 11) is 0. The van der Waals surface area contributed by atoms with Gasteiger partial charge in [0.2, 0.25) is 5.91 Å². The summed E-state index contributed by atoms with van der Waals surface area (Å²) in [5, 5.41) is 11.2. The molecule has 0 saturated carbocycles. The Labute approximate surface area is 131 Å². The number of aliphatic hydroxyl groups excluding tert-OH is 1. The van der Waals surface area contributed by atoms with Crippen LogP contribution in [0.15, 0.2) is 24.3 Å². The molecule has 0 unspecified atom stereocenters. The van der Waals surface area contributed by atoms with Crippen molar-refractivity contribution in [3.05, 3.63) is 29.8 Å². The molecular weight excluding hydrogens is 282 g/mol. The zero-order chi connectivity index (χ0) is 16.2. The smallest absolute Gasteiger partial charge is 0.244 e. The third-order valence-corrected chi connectivity index (χ3v) is 2.86. The first kappa shape index (κ1) is 18.0. The molecule has 0 atom stereocenters. The minimum absolute atomic E-state index is 0.0716. The van der Waals surface area contributed by atoms with Crippen LogP contribution in [0.5, 0.6) is 11.5 Å². The Hall–Kier alpha value is -2.01. The van der Waals surface area contributed by atoms with Crippen LogP contribution in [0.3, 0.4) is 0 Å². The largest absolute Gasteiger partial charge is 0.490 e. The fourth-order valence-electron chi connectivity index (χ4n) is 1.75. The second-order valence-electron chi connectivity index (χ2n) is 4.69. The number of ether oxygens (including phenoxy) is 2. The molecule has 1 aromatic carbocycles. The van der Waals surface area contributed by atoms with Gasteiger partial charge in [0.25, 0.3) is 0 Å². The molecule has 0 radical (unpaired) electrons. The molecule has 1 aromatic rings. The average molecular weight is 307 g/mol. The average Bonchev–Trinajstić information content (AvgIpc) is 2.53. The van der Waals surface area contributed by atoms with Gasteiger partial charge in [0.1, 0.15) is 0 Å². The summed E-state index contributed by atoms with van der Waals surface area (Å²) in [5.41, 5.74) is 0.852. The Kier molecular flexibility index (Phi) is 8.76. The molecule has 122 valence electrons. The molecule has 2 N–H and O–H groups in total. The van der Waals surface area contributed by atoms with Crippen LogP contribution in [0.2, 0.25) is 0 Å². The maximum atomic E-state index is 11.5. The number of carbonyl (C=O) groups excluding carboxylic acids is 1. The van der Waals surface area contributed by atoms with E-state index in [0.29, 0.717) is 19.0 Å². The van der Waals surface area contributed by atoms with E-state index in [-0.39, 0.29) is 19.1 Å². The number of aliphatic hydroxyl groups is 1. The summed E-state index contributed by atoms with van der Waals surface area (Å²) in [6.45, 7) is 5.42. The monoisotopic (exact) mass is 307 g/mol. The first-order chi connectivity index (χ1) is 10.7. The number of unbranched alkanes of at least 4 members (excludes halogenated alkanes) is 1. The summed E-state index contributed by atoms with van der Waals surface area (Å²) in [5.74, 6) is 1.16. The zero-order valence-electron chi connectivity index (χ0n) is 13.3. The molecule has 1 amide bonds. The van der Waals surface area contributed by atoms with Crippen molar-refractivity contribution in [1.82, 2.24) is 5.32 Å². The maximum Gasteiger partial charge on any atom is 0.244 e. The minimum Gasteiger partial charge on any atom is -0.490 e. The number of carbonyl (C=O) groups is 1. The SMILES string of the molecule is CCCCOc1ccc(C=CC(=O)NCCO)cc1OCC. The molecule has 0 fully saturated rings. The highest BCUT2D eigenvalue weighted by Gasteiger charge is 2.05. The number of rotatable bonds is 10. The third-order valence-electron chi connectivity index (χ3n) is 2.86. The van der Waals surface area contributed by atoms with Gasteiger partial charge in [-0.05, 0) is 37.1 Å². The van der Waals surface area contributed by atoms with Gasteiger partial charge < -0.3 is 19.9 Å². The molecule has 1 rings (SSSR count). The molecule has 0 bridgehead atoms. The van der Waals surface area contributed by atoms with Crippen molar-refractivity contribution < 1.29 is 19.4 Å². The highest BCUT2D eigenvalue weighted by molar-refractivity contribution is 5.91. The first-order valence-corrected chi connectivity index (χ1v) is 7.67. The Morgan fingerprint density at radius 2 is 2.09 bits per heavy atom. The second-order valence-corrected chi connectivity index (χ2v) is 4.69. The van der Waals surface area contributed by atoms with Gasteiger partial charge in [-0.3, -0.25) is 4.79 Å². The predicted molar refractivity (Wildman–Crippen MR) is 87.1 cm³/mol. The molecule has 0 aliphatic rings. The van der Waals surface area contributed by atoms with Crippen LogP contribution < -0.4 is 14.8 Å². The molecule has 0 aliphatic heterocycles. The summed E-state index contributed by atoms with van der Waals surface area (Å²) >= 11 is 0. The van der Waals surface area contributed by atoms with Gasteiger partial charge in [0, 0.05) is 12.6 Å². The fraction of sp³-hybridized carbons (Fsp3) is 0.471. The molecule has 0 heterocycles. The van der Waals surface area contributed by atoms with Crippen LogP contribution in [0, 0.1) is 0 Å². The molecular formula is C17H25NO4. The highest BCUT2D eigenvalue weighted by atomic mass is 16.5. The lowest BCUT2D eigenvalue weighted by atomic mass is 10.2. The summed E-state index contributed by atoms with van der Waals surface area (Å²) < 4.78 is 11.3. The van der Waals surface area contributed by atoms with E-state index >= 15 is 0 Å². The van der Waals surface area contributed by atoms with Crippen molar-refractivity contribution >= 4 is 12.0 Å². The van der Waals surface area contributed by atoms with Gasteiger partial charge in [-0.25, -0.2) is 0 Å². The number of amides is 1. The summed E-state index contributed by atoms with van der Waals surface area (Å²) in [6, 6.07) is 5.58. The van der Waals surface area contributed by atoms with Gasteiger partial charge in [0.15, 0.2) is 11.5 Å². The molecule has 0 spiro atoms.